The van der Waals surface area contributed by atoms with Crippen LogP contribution in [0, 0.1) is 0 Å². The highest BCUT2D eigenvalue weighted by atomic mass is 19.3. The molecule has 0 spiro atoms. The van der Waals surface area contributed by atoms with E-state index in [2.05, 4.69) is 20.5 Å². The Kier molecular flexibility index (Phi) is 6.10. The molecular weight excluding hydrogens is 372 g/mol. The molecule has 1 amide bonds. The van der Waals surface area contributed by atoms with Gasteiger partial charge < -0.3 is 26.2 Å². The number of nitrogens with zero attached hydrogens (tertiary/aromatic N) is 2. The zero-order valence-electron chi connectivity index (χ0n) is 15.3. The molecule has 2 aromatic rings. The van der Waals surface area contributed by atoms with Gasteiger partial charge in [0.1, 0.15) is 11.3 Å². The number of amides is 1. The summed E-state index contributed by atoms with van der Waals surface area (Å²) in [6, 6.07) is 5.81. The van der Waals surface area contributed by atoms with Crippen LogP contribution in [0.2, 0.25) is 0 Å². The number of nitrogens with two attached hydrogens (primary N) is 1. The summed E-state index contributed by atoms with van der Waals surface area (Å²) in [6.45, 7) is -2.90. The summed E-state index contributed by atoms with van der Waals surface area (Å²) in [5, 5.41) is 20.5. The number of alkyl halides is 2. The average Bonchev–Trinajstić information content (AvgIpc) is 3.06. The molecule has 1 aliphatic rings. The molecule has 1 aromatic carbocycles. The number of ether oxygens (including phenoxy) is 1. The maximum atomic E-state index is 12.3. The Hall–Kier alpha value is -2.72. The molecule has 3 rings (SSSR count). The first kappa shape index (κ1) is 20.0. The van der Waals surface area contributed by atoms with Crippen LogP contribution in [0.15, 0.2) is 30.5 Å². The van der Waals surface area contributed by atoms with Gasteiger partial charge in [-0.05, 0) is 50.6 Å². The number of rotatable bonds is 7. The maximum Gasteiger partial charge on any atom is 0.387 e. The SMILES string of the molecule is CN[C@H]1C[C@@H](O)CC[C@@H]1n1cc(C(N)=O)c(Nc2ccc(OC(F)F)cc2)n1. The molecule has 5 N–H and O–H groups in total. The zero-order chi connectivity index (χ0) is 20.3. The van der Waals surface area contributed by atoms with Crippen molar-refractivity contribution in [2.45, 2.75) is 44.1 Å². The quantitative estimate of drug-likeness (QED) is 0.570. The van der Waals surface area contributed by atoms with Crippen LogP contribution < -0.4 is 21.1 Å². The number of aliphatic hydroxyl groups excluding tert-OH is 1. The first-order valence-corrected chi connectivity index (χ1v) is 8.93. The molecule has 152 valence electrons. The van der Waals surface area contributed by atoms with Crippen LogP contribution in [0.5, 0.6) is 5.75 Å². The second-order valence-electron chi connectivity index (χ2n) is 6.69. The highest BCUT2D eigenvalue weighted by Gasteiger charge is 2.31. The number of aromatic nitrogens is 2. The van der Waals surface area contributed by atoms with Crippen molar-refractivity contribution in [2.75, 3.05) is 12.4 Å². The first-order chi connectivity index (χ1) is 13.4. The summed E-state index contributed by atoms with van der Waals surface area (Å²) in [6.07, 6.45) is 3.15. The lowest BCUT2D eigenvalue weighted by molar-refractivity contribution is -0.0498. The summed E-state index contributed by atoms with van der Waals surface area (Å²) in [5.41, 5.74) is 6.24. The van der Waals surface area contributed by atoms with E-state index in [1.54, 1.807) is 10.9 Å². The van der Waals surface area contributed by atoms with Crippen LogP contribution in [-0.2, 0) is 0 Å². The van der Waals surface area contributed by atoms with Gasteiger partial charge in [-0.2, -0.15) is 13.9 Å². The van der Waals surface area contributed by atoms with Gasteiger partial charge in [0.2, 0.25) is 0 Å². The summed E-state index contributed by atoms with van der Waals surface area (Å²) in [7, 11) is 1.82. The number of hydrogen-bond acceptors (Lipinski definition) is 6. The number of anilines is 2. The van der Waals surface area contributed by atoms with E-state index in [0.717, 1.165) is 0 Å². The van der Waals surface area contributed by atoms with Crippen LogP contribution in [0.25, 0.3) is 0 Å². The lowest BCUT2D eigenvalue weighted by Crippen LogP contribution is -2.42. The Morgan fingerprint density at radius 2 is 2.07 bits per heavy atom. The molecule has 1 fully saturated rings. The van der Waals surface area contributed by atoms with E-state index in [-0.39, 0.29) is 35.3 Å². The smallest absolute Gasteiger partial charge is 0.387 e. The standard InChI is InChI=1S/C18H23F2N5O3/c1-22-14-8-11(26)4-7-15(14)25-9-13(16(21)27)17(24-25)23-10-2-5-12(6-3-10)28-18(19)20/h2-3,5-6,9,11,14-15,18,22,26H,4,7-8H2,1H3,(H2,21,27)(H,23,24)/t11-,14-,15-/m0/s1. The molecule has 0 bridgehead atoms. The molecule has 0 unspecified atom stereocenters. The van der Waals surface area contributed by atoms with Gasteiger partial charge >= 0.3 is 6.61 Å². The molecule has 0 radical (unpaired) electrons. The van der Waals surface area contributed by atoms with Crippen LogP contribution in [-0.4, -0.2) is 46.6 Å². The number of carbonyl (C=O) groups excluding carboxylic acids is 1. The minimum atomic E-state index is -2.90. The number of likely N-dealkylation sites (N-methyl/N-ethyl adjacent to an activating group) is 1. The van der Waals surface area contributed by atoms with E-state index in [9.17, 15) is 18.7 Å². The van der Waals surface area contributed by atoms with E-state index in [1.807, 2.05) is 7.05 Å². The molecule has 1 aromatic heterocycles. The van der Waals surface area contributed by atoms with Crippen molar-refractivity contribution < 1.29 is 23.4 Å². The highest BCUT2D eigenvalue weighted by molar-refractivity contribution is 5.98. The molecule has 0 saturated heterocycles. The molecule has 28 heavy (non-hydrogen) atoms. The van der Waals surface area contributed by atoms with Gasteiger partial charge in [0.05, 0.1) is 12.1 Å². The number of primary amides is 1. The third kappa shape index (κ3) is 4.57. The summed E-state index contributed by atoms with van der Waals surface area (Å²) in [5.74, 6) is -0.335. The average molecular weight is 395 g/mol. The van der Waals surface area contributed by atoms with Crippen LogP contribution in [0.4, 0.5) is 20.3 Å². The van der Waals surface area contributed by atoms with Gasteiger partial charge in [0.15, 0.2) is 5.82 Å². The summed E-state index contributed by atoms with van der Waals surface area (Å²) in [4.78, 5) is 11.9. The van der Waals surface area contributed by atoms with Crippen LogP contribution >= 0.6 is 0 Å². The van der Waals surface area contributed by atoms with Crippen molar-refractivity contribution in [3.05, 3.63) is 36.0 Å². The van der Waals surface area contributed by atoms with Crippen molar-refractivity contribution >= 4 is 17.4 Å². The van der Waals surface area contributed by atoms with Crippen molar-refractivity contribution in [3.63, 3.8) is 0 Å². The second kappa shape index (κ2) is 8.53. The predicted octanol–water partition coefficient (Wildman–Crippen LogP) is 2.00. The maximum absolute atomic E-state index is 12.3. The van der Waals surface area contributed by atoms with Crippen LogP contribution in [0.1, 0.15) is 35.7 Å². The second-order valence-corrected chi connectivity index (χ2v) is 6.69. The third-order valence-corrected chi connectivity index (χ3v) is 4.84. The van der Waals surface area contributed by atoms with Gasteiger partial charge in [-0.3, -0.25) is 9.48 Å². The largest absolute Gasteiger partial charge is 0.435 e. The van der Waals surface area contributed by atoms with E-state index in [0.29, 0.717) is 24.9 Å². The van der Waals surface area contributed by atoms with Gasteiger partial charge in [0.25, 0.3) is 5.91 Å². The molecule has 0 aliphatic heterocycles. The molecule has 10 heteroatoms. The fraction of sp³-hybridized carbons (Fsp3) is 0.444. The Balaban J connectivity index is 1.82. The van der Waals surface area contributed by atoms with Gasteiger partial charge in [-0.25, -0.2) is 0 Å². The monoisotopic (exact) mass is 395 g/mol. The molecular formula is C18H23F2N5O3. The Bertz CT molecular complexity index is 812. The van der Waals surface area contributed by atoms with Crippen molar-refractivity contribution in [3.8, 4) is 5.75 Å². The molecule has 1 saturated carbocycles. The number of nitrogens with one attached hydrogen (secondary N) is 2. The minimum absolute atomic E-state index is 0.00278. The Morgan fingerprint density at radius 1 is 1.36 bits per heavy atom. The zero-order valence-corrected chi connectivity index (χ0v) is 15.3. The molecule has 8 nitrogen and oxygen atoms in total. The van der Waals surface area contributed by atoms with E-state index < -0.39 is 12.5 Å². The number of hydrogen-bond donors (Lipinski definition) is 4. The normalized spacial score (nSPS) is 22.2. The number of benzene rings is 1. The van der Waals surface area contributed by atoms with Gasteiger partial charge in [-0.1, -0.05) is 0 Å². The fourth-order valence-electron chi connectivity index (χ4n) is 3.45. The van der Waals surface area contributed by atoms with E-state index in [4.69, 9.17) is 5.73 Å². The fourth-order valence-corrected chi connectivity index (χ4v) is 3.45. The van der Waals surface area contributed by atoms with Crippen LogP contribution in [0.3, 0.4) is 0 Å². The first-order valence-electron chi connectivity index (χ1n) is 8.93. The van der Waals surface area contributed by atoms with Gasteiger partial charge in [-0.15, -0.1) is 0 Å². The third-order valence-electron chi connectivity index (χ3n) is 4.84. The topological polar surface area (TPSA) is 114 Å². The summed E-state index contributed by atoms with van der Waals surface area (Å²) < 4.78 is 30.5. The summed E-state index contributed by atoms with van der Waals surface area (Å²) >= 11 is 0. The van der Waals surface area contributed by atoms with E-state index >= 15 is 0 Å². The molecule has 3 atom stereocenters. The number of halogens is 2. The molecule has 1 heterocycles. The van der Waals surface area contributed by atoms with Crippen molar-refractivity contribution in [2.24, 2.45) is 5.73 Å². The van der Waals surface area contributed by atoms with E-state index in [1.165, 1.54) is 24.3 Å². The highest BCUT2D eigenvalue weighted by Crippen LogP contribution is 2.31. The van der Waals surface area contributed by atoms with Crippen molar-refractivity contribution in [1.29, 1.82) is 0 Å². The minimum Gasteiger partial charge on any atom is -0.435 e. The number of aliphatic hydroxyl groups is 1. The lowest BCUT2D eigenvalue weighted by Gasteiger charge is -2.34. The Labute approximate surface area is 160 Å². The predicted molar refractivity (Wildman–Crippen MR) is 98.8 cm³/mol. The number of carbonyl (C=O) groups is 1. The van der Waals surface area contributed by atoms with Gasteiger partial charge in [0, 0.05) is 17.9 Å². The Morgan fingerprint density at radius 3 is 2.68 bits per heavy atom. The molecule has 1 aliphatic carbocycles. The lowest BCUT2D eigenvalue weighted by atomic mass is 9.88. The van der Waals surface area contributed by atoms with Crippen molar-refractivity contribution in [1.82, 2.24) is 15.1 Å².